The van der Waals surface area contributed by atoms with Crippen LogP contribution in [-0.2, 0) is 25.2 Å². The lowest BCUT2D eigenvalue weighted by atomic mass is 10.1. The van der Waals surface area contributed by atoms with Crippen LogP contribution in [0.1, 0.15) is 28.7 Å². The molecule has 208 valence electrons. The van der Waals surface area contributed by atoms with Crippen LogP contribution in [-0.4, -0.2) is 56.9 Å². The van der Waals surface area contributed by atoms with Crippen molar-refractivity contribution in [1.29, 1.82) is 0 Å². The Morgan fingerprint density at radius 3 is 2.45 bits per heavy atom. The molecular weight excluding hydrogens is 553 g/mol. The maximum Gasteiger partial charge on any atom is 0.245 e. The fourth-order valence-corrected chi connectivity index (χ4v) is 7.31. The molecule has 2 N–H and O–H groups in total. The second-order valence-corrected chi connectivity index (χ2v) is 13.1. The van der Waals surface area contributed by atoms with E-state index in [-0.39, 0.29) is 23.5 Å². The summed E-state index contributed by atoms with van der Waals surface area (Å²) in [7, 11) is -0.343. The smallest absolute Gasteiger partial charge is 0.245 e. The number of anilines is 1. The molecule has 9 nitrogen and oxygen atoms in total. The Labute approximate surface area is 235 Å². The zero-order valence-corrected chi connectivity index (χ0v) is 23.6. The molecular formula is C28H28FN5O4S2. The highest BCUT2D eigenvalue weighted by Gasteiger charge is 2.37. The molecule has 1 aliphatic carbocycles. The SMILES string of the molecule is CN(C)c1ccc(-c2ccc3nc(C(C(=O)NCC(=O)NC4CC4)S(=O)(=O)Cc4ccc(F)cc4)sc3c2)cn1. The number of fused-ring (bicyclic) bond motifs is 1. The van der Waals surface area contributed by atoms with Gasteiger partial charge in [0, 0.05) is 31.9 Å². The number of aromatic nitrogens is 2. The van der Waals surface area contributed by atoms with Crippen LogP contribution in [0.5, 0.6) is 0 Å². The van der Waals surface area contributed by atoms with Crippen LogP contribution in [0.4, 0.5) is 10.2 Å². The van der Waals surface area contributed by atoms with Gasteiger partial charge in [0.1, 0.15) is 16.6 Å². The van der Waals surface area contributed by atoms with Gasteiger partial charge in [-0.2, -0.15) is 0 Å². The van der Waals surface area contributed by atoms with Gasteiger partial charge in [-0.1, -0.05) is 18.2 Å². The van der Waals surface area contributed by atoms with E-state index in [1.807, 2.05) is 43.3 Å². The van der Waals surface area contributed by atoms with Gasteiger partial charge in [0.05, 0.1) is 22.5 Å². The van der Waals surface area contributed by atoms with Crippen LogP contribution < -0.4 is 15.5 Å². The van der Waals surface area contributed by atoms with E-state index in [9.17, 15) is 22.4 Å². The monoisotopic (exact) mass is 581 g/mol. The van der Waals surface area contributed by atoms with Gasteiger partial charge in [0.15, 0.2) is 15.1 Å². The number of benzene rings is 2. The number of amides is 2. The summed E-state index contributed by atoms with van der Waals surface area (Å²) < 4.78 is 41.3. The summed E-state index contributed by atoms with van der Waals surface area (Å²) in [6.45, 7) is -0.344. The largest absolute Gasteiger partial charge is 0.363 e. The highest BCUT2D eigenvalue weighted by Crippen LogP contribution is 2.35. The number of thiazole rings is 1. The molecule has 0 bridgehead atoms. The fraction of sp³-hybridized carbons (Fsp3) is 0.286. The van der Waals surface area contributed by atoms with Crippen molar-refractivity contribution >= 4 is 49.0 Å². The van der Waals surface area contributed by atoms with Gasteiger partial charge in [-0.25, -0.2) is 22.8 Å². The number of pyridine rings is 1. The van der Waals surface area contributed by atoms with Crippen molar-refractivity contribution in [1.82, 2.24) is 20.6 Å². The quantitative estimate of drug-likeness (QED) is 0.294. The van der Waals surface area contributed by atoms with Crippen molar-refractivity contribution in [3.8, 4) is 11.1 Å². The van der Waals surface area contributed by atoms with E-state index in [0.29, 0.717) is 15.8 Å². The molecule has 12 heteroatoms. The zero-order valence-electron chi connectivity index (χ0n) is 21.9. The molecule has 4 aromatic rings. The van der Waals surface area contributed by atoms with Crippen LogP contribution in [0.3, 0.4) is 0 Å². The summed E-state index contributed by atoms with van der Waals surface area (Å²) in [6.07, 6.45) is 3.53. The number of hydrogen-bond acceptors (Lipinski definition) is 8. The second kappa shape index (κ2) is 11.3. The minimum atomic E-state index is -4.15. The first-order valence-electron chi connectivity index (χ1n) is 12.7. The number of carbonyl (C=O) groups excluding carboxylic acids is 2. The summed E-state index contributed by atoms with van der Waals surface area (Å²) in [5.74, 6) is -1.39. The van der Waals surface area contributed by atoms with Gasteiger partial charge in [-0.15, -0.1) is 11.3 Å². The molecule has 0 radical (unpaired) electrons. The Hall–Kier alpha value is -3.90. The molecule has 1 aliphatic rings. The molecule has 2 heterocycles. The Balaban J connectivity index is 1.45. The third-order valence-electron chi connectivity index (χ3n) is 6.41. The molecule has 1 fully saturated rings. The number of carbonyl (C=O) groups is 2. The van der Waals surface area contributed by atoms with E-state index in [0.717, 1.165) is 41.1 Å². The number of sulfone groups is 1. The summed E-state index contributed by atoms with van der Waals surface area (Å²) >= 11 is 1.11. The maximum atomic E-state index is 13.6. The normalized spacial score (nSPS) is 14.1. The molecule has 1 atom stereocenters. The summed E-state index contributed by atoms with van der Waals surface area (Å²) in [5, 5.41) is 3.69. The van der Waals surface area contributed by atoms with Crippen molar-refractivity contribution in [2.24, 2.45) is 0 Å². The van der Waals surface area contributed by atoms with Gasteiger partial charge < -0.3 is 15.5 Å². The minimum absolute atomic E-state index is 0.0930. The Morgan fingerprint density at radius 2 is 1.80 bits per heavy atom. The molecule has 0 aliphatic heterocycles. The highest BCUT2D eigenvalue weighted by atomic mass is 32.2. The summed E-state index contributed by atoms with van der Waals surface area (Å²) in [6, 6.07) is 14.5. The van der Waals surface area contributed by atoms with Crippen LogP contribution >= 0.6 is 11.3 Å². The van der Waals surface area contributed by atoms with Crippen LogP contribution in [0, 0.1) is 5.82 Å². The molecule has 2 aromatic carbocycles. The first-order valence-corrected chi connectivity index (χ1v) is 15.2. The average Bonchev–Trinajstić information content (AvgIpc) is 3.64. The van der Waals surface area contributed by atoms with Crippen LogP contribution in [0.25, 0.3) is 21.3 Å². The van der Waals surface area contributed by atoms with Crippen molar-refractivity contribution in [3.05, 3.63) is 77.2 Å². The summed E-state index contributed by atoms with van der Waals surface area (Å²) in [5.41, 5.74) is 2.63. The van der Waals surface area contributed by atoms with Crippen molar-refractivity contribution in [2.45, 2.75) is 29.9 Å². The molecule has 2 amide bonds. The number of nitrogens with one attached hydrogen (secondary N) is 2. The first-order chi connectivity index (χ1) is 19.1. The van der Waals surface area contributed by atoms with Gasteiger partial charge in [-0.05, 0) is 60.4 Å². The lowest BCUT2D eigenvalue weighted by Crippen LogP contribution is -2.41. The van der Waals surface area contributed by atoms with Crippen LogP contribution in [0.2, 0.25) is 0 Å². The standard InChI is InChI=1S/C28H28FN5O4S2/c1-34(2)24-12-6-19(14-30-24)18-5-11-22-23(13-18)39-28(33-22)26(27(36)31-15-25(35)32-21-9-10-21)40(37,38)16-17-3-7-20(29)8-4-17/h3-8,11-14,21,26H,9-10,15-16H2,1-2H3,(H,31,36)(H,32,35). The molecule has 0 spiro atoms. The second-order valence-electron chi connectivity index (χ2n) is 9.91. The summed E-state index contributed by atoms with van der Waals surface area (Å²) in [4.78, 5) is 36.3. The van der Waals surface area contributed by atoms with Crippen molar-refractivity contribution in [2.75, 3.05) is 25.5 Å². The number of halogens is 1. The molecule has 40 heavy (non-hydrogen) atoms. The molecule has 2 aromatic heterocycles. The molecule has 0 saturated heterocycles. The third kappa shape index (κ3) is 6.45. The lowest BCUT2D eigenvalue weighted by Gasteiger charge is -2.16. The van der Waals surface area contributed by atoms with Gasteiger partial charge >= 0.3 is 0 Å². The minimum Gasteiger partial charge on any atom is -0.363 e. The van der Waals surface area contributed by atoms with Gasteiger partial charge in [0.25, 0.3) is 0 Å². The Morgan fingerprint density at radius 1 is 1.07 bits per heavy atom. The number of rotatable bonds is 10. The van der Waals surface area contributed by atoms with Crippen molar-refractivity contribution < 1.29 is 22.4 Å². The van der Waals surface area contributed by atoms with E-state index < -0.39 is 32.6 Å². The number of hydrogen-bond donors (Lipinski definition) is 2. The molecule has 1 unspecified atom stereocenters. The Kier molecular flexibility index (Phi) is 7.81. The Bertz CT molecular complexity index is 1650. The highest BCUT2D eigenvalue weighted by molar-refractivity contribution is 7.91. The first kappa shape index (κ1) is 27.7. The van der Waals surface area contributed by atoms with E-state index in [2.05, 4.69) is 20.6 Å². The average molecular weight is 582 g/mol. The van der Waals surface area contributed by atoms with E-state index in [1.165, 1.54) is 24.3 Å². The predicted octanol–water partition coefficient (Wildman–Crippen LogP) is 3.61. The lowest BCUT2D eigenvalue weighted by molar-refractivity contribution is -0.126. The maximum absolute atomic E-state index is 13.6. The van der Waals surface area contributed by atoms with Gasteiger partial charge in [0.2, 0.25) is 11.8 Å². The third-order valence-corrected chi connectivity index (χ3v) is 9.54. The molecule has 1 saturated carbocycles. The predicted molar refractivity (Wildman–Crippen MR) is 153 cm³/mol. The van der Waals surface area contributed by atoms with Gasteiger partial charge in [-0.3, -0.25) is 9.59 Å². The fourth-order valence-electron chi connectivity index (χ4n) is 4.15. The van der Waals surface area contributed by atoms with Crippen LogP contribution in [0.15, 0.2) is 60.8 Å². The topological polar surface area (TPSA) is 121 Å². The zero-order chi connectivity index (χ0) is 28.4. The molecule has 5 rings (SSSR count). The van der Waals surface area contributed by atoms with E-state index in [1.54, 1.807) is 12.3 Å². The van der Waals surface area contributed by atoms with Crippen molar-refractivity contribution in [3.63, 3.8) is 0 Å². The number of nitrogens with zero attached hydrogens (tertiary/aromatic N) is 3. The van der Waals surface area contributed by atoms with E-state index in [4.69, 9.17) is 0 Å². The van der Waals surface area contributed by atoms with E-state index >= 15 is 0 Å².